The average Bonchev–Trinajstić information content (AvgIpc) is 2.81. The summed E-state index contributed by atoms with van der Waals surface area (Å²) in [7, 11) is 0. The molecule has 0 radical (unpaired) electrons. The van der Waals surface area contributed by atoms with Gasteiger partial charge in [-0.2, -0.15) is 0 Å². The van der Waals surface area contributed by atoms with E-state index in [1.807, 2.05) is 18.2 Å². The zero-order valence-corrected chi connectivity index (χ0v) is 11.3. The van der Waals surface area contributed by atoms with E-state index < -0.39 is 5.97 Å². The molecule has 2 aromatic carbocycles. The number of H-pyrrole nitrogens is 1. The lowest BCUT2D eigenvalue weighted by Crippen LogP contribution is -1.95. The second kappa shape index (κ2) is 4.51. The molecule has 1 aromatic heterocycles. The fourth-order valence-corrected chi connectivity index (χ4v) is 2.25. The number of hydrogen-bond acceptors (Lipinski definition) is 2. The molecule has 0 saturated carbocycles. The number of aromatic nitrogens is 2. The van der Waals surface area contributed by atoms with Gasteiger partial charge in [0.15, 0.2) is 0 Å². The summed E-state index contributed by atoms with van der Waals surface area (Å²) >= 11 is 3.41. The molecule has 5 heteroatoms. The third-order valence-corrected chi connectivity index (χ3v) is 3.34. The number of halogens is 1. The monoisotopic (exact) mass is 316 g/mol. The van der Waals surface area contributed by atoms with E-state index in [0.29, 0.717) is 0 Å². The minimum atomic E-state index is -0.930. The molecular weight excluding hydrogens is 308 g/mol. The van der Waals surface area contributed by atoms with Gasteiger partial charge in [0.2, 0.25) is 0 Å². The van der Waals surface area contributed by atoms with E-state index in [1.54, 1.807) is 24.3 Å². The SMILES string of the molecule is O=C(O)c1ccc(-c2nc3ccc(Br)cc3[nH]2)cc1. The van der Waals surface area contributed by atoms with Crippen LogP contribution in [0.5, 0.6) is 0 Å². The average molecular weight is 317 g/mol. The highest BCUT2D eigenvalue weighted by atomic mass is 79.9. The fraction of sp³-hybridized carbons (Fsp3) is 0. The van der Waals surface area contributed by atoms with E-state index in [0.717, 1.165) is 26.9 Å². The molecule has 3 aromatic rings. The molecule has 0 saturated heterocycles. The van der Waals surface area contributed by atoms with Gasteiger partial charge in [0.1, 0.15) is 5.82 Å². The first-order valence-electron chi connectivity index (χ1n) is 5.62. The minimum Gasteiger partial charge on any atom is -0.478 e. The summed E-state index contributed by atoms with van der Waals surface area (Å²) in [6.45, 7) is 0. The zero-order chi connectivity index (χ0) is 13.4. The summed E-state index contributed by atoms with van der Waals surface area (Å²) in [6.07, 6.45) is 0. The Balaban J connectivity index is 2.06. The molecule has 3 rings (SSSR count). The van der Waals surface area contributed by atoms with Crippen molar-refractivity contribution in [2.45, 2.75) is 0 Å². The predicted octanol–water partition coefficient (Wildman–Crippen LogP) is 3.69. The Bertz CT molecular complexity index is 763. The Morgan fingerprint density at radius 3 is 2.58 bits per heavy atom. The van der Waals surface area contributed by atoms with E-state index in [-0.39, 0.29) is 5.56 Å². The van der Waals surface area contributed by atoms with Crippen LogP contribution in [0.4, 0.5) is 0 Å². The molecule has 4 nitrogen and oxygen atoms in total. The van der Waals surface area contributed by atoms with E-state index >= 15 is 0 Å². The highest BCUT2D eigenvalue weighted by Gasteiger charge is 2.07. The van der Waals surface area contributed by atoms with Crippen molar-refractivity contribution in [2.24, 2.45) is 0 Å². The highest BCUT2D eigenvalue weighted by molar-refractivity contribution is 9.10. The van der Waals surface area contributed by atoms with Crippen LogP contribution in [0.25, 0.3) is 22.4 Å². The molecule has 0 aliphatic heterocycles. The molecule has 94 valence electrons. The van der Waals surface area contributed by atoms with Crippen LogP contribution in [0.3, 0.4) is 0 Å². The summed E-state index contributed by atoms with van der Waals surface area (Å²) < 4.78 is 0.983. The molecule has 19 heavy (non-hydrogen) atoms. The van der Waals surface area contributed by atoms with Gasteiger partial charge < -0.3 is 10.1 Å². The van der Waals surface area contributed by atoms with Crippen LogP contribution in [0.1, 0.15) is 10.4 Å². The van der Waals surface area contributed by atoms with Crippen LogP contribution in [0.15, 0.2) is 46.9 Å². The predicted molar refractivity (Wildman–Crippen MR) is 76.2 cm³/mol. The summed E-state index contributed by atoms with van der Waals surface area (Å²) in [4.78, 5) is 18.5. The summed E-state index contributed by atoms with van der Waals surface area (Å²) in [5.41, 5.74) is 2.94. The molecule has 0 fully saturated rings. The van der Waals surface area contributed by atoms with E-state index in [1.165, 1.54) is 0 Å². The lowest BCUT2D eigenvalue weighted by atomic mass is 10.1. The lowest BCUT2D eigenvalue weighted by molar-refractivity contribution is 0.0697. The number of imidazole rings is 1. The van der Waals surface area contributed by atoms with Gasteiger partial charge in [-0.15, -0.1) is 0 Å². The molecule has 0 bridgehead atoms. The molecule has 0 atom stereocenters. The number of aromatic carboxylic acids is 1. The molecule has 0 spiro atoms. The van der Waals surface area contributed by atoms with Crippen molar-refractivity contribution in [1.29, 1.82) is 0 Å². The number of hydrogen-bond donors (Lipinski definition) is 2. The van der Waals surface area contributed by atoms with Gasteiger partial charge in [0, 0.05) is 10.0 Å². The molecule has 0 amide bonds. The van der Waals surface area contributed by atoms with Crippen molar-refractivity contribution in [3.05, 3.63) is 52.5 Å². The van der Waals surface area contributed by atoms with Crippen LogP contribution in [0, 0.1) is 0 Å². The zero-order valence-electron chi connectivity index (χ0n) is 9.72. The maximum atomic E-state index is 10.8. The van der Waals surface area contributed by atoms with Crippen molar-refractivity contribution in [2.75, 3.05) is 0 Å². The van der Waals surface area contributed by atoms with Gasteiger partial charge in [-0.05, 0) is 30.3 Å². The van der Waals surface area contributed by atoms with Gasteiger partial charge in [0.05, 0.1) is 16.6 Å². The number of nitrogens with one attached hydrogen (secondary N) is 1. The standard InChI is InChI=1S/C14H9BrN2O2/c15-10-5-6-11-12(7-10)17-13(16-11)8-1-3-9(4-2-8)14(18)19/h1-7H,(H,16,17)(H,18,19). The number of carboxylic acids is 1. The largest absolute Gasteiger partial charge is 0.478 e. The van der Waals surface area contributed by atoms with Crippen LogP contribution < -0.4 is 0 Å². The van der Waals surface area contributed by atoms with Gasteiger partial charge in [-0.3, -0.25) is 0 Å². The maximum absolute atomic E-state index is 10.8. The Morgan fingerprint density at radius 1 is 1.16 bits per heavy atom. The number of benzene rings is 2. The third-order valence-electron chi connectivity index (χ3n) is 2.85. The van der Waals surface area contributed by atoms with Crippen molar-refractivity contribution >= 4 is 32.9 Å². The normalized spacial score (nSPS) is 10.8. The van der Waals surface area contributed by atoms with Crippen LogP contribution in [-0.2, 0) is 0 Å². The van der Waals surface area contributed by atoms with Crippen LogP contribution >= 0.6 is 15.9 Å². The number of carboxylic acid groups (broad SMARTS) is 1. The van der Waals surface area contributed by atoms with Crippen LogP contribution in [-0.4, -0.2) is 21.0 Å². The summed E-state index contributed by atoms with van der Waals surface area (Å²) in [6, 6.07) is 12.4. The van der Waals surface area contributed by atoms with E-state index in [4.69, 9.17) is 5.11 Å². The lowest BCUT2D eigenvalue weighted by Gasteiger charge is -1.97. The summed E-state index contributed by atoms with van der Waals surface area (Å²) in [5.74, 6) is -0.204. The van der Waals surface area contributed by atoms with Gasteiger partial charge in [-0.1, -0.05) is 28.1 Å². The molecule has 0 aliphatic carbocycles. The molecule has 1 heterocycles. The first-order valence-corrected chi connectivity index (χ1v) is 6.42. The first kappa shape index (κ1) is 11.9. The van der Waals surface area contributed by atoms with Crippen molar-refractivity contribution in [3.63, 3.8) is 0 Å². The third kappa shape index (κ3) is 2.24. The van der Waals surface area contributed by atoms with Crippen molar-refractivity contribution in [1.82, 2.24) is 9.97 Å². The second-order valence-corrected chi connectivity index (χ2v) is 5.05. The van der Waals surface area contributed by atoms with E-state index in [2.05, 4.69) is 25.9 Å². The Kier molecular flexibility index (Phi) is 2.83. The second-order valence-electron chi connectivity index (χ2n) is 4.13. The van der Waals surface area contributed by atoms with Crippen molar-refractivity contribution in [3.8, 4) is 11.4 Å². The number of fused-ring (bicyclic) bond motifs is 1. The number of rotatable bonds is 2. The Morgan fingerprint density at radius 2 is 1.89 bits per heavy atom. The Labute approximate surface area is 117 Å². The fourth-order valence-electron chi connectivity index (χ4n) is 1.89. The van der Waals surface area contributed by atoms with Crippen molar-refractivity contribution < 1.29 is 9.90 Å². The highest BCUT2D eigenvalue weighted by Crippen LogP contribution is 2.23. The molecule has 0 unspecified atom stereocenters. The summed E-state index contributed by atoms with van der Waals surface area (Å²) in [5, 5.41) is 8.86. The number of carbonyl (C=O) groups is 1. The minimum absolute atomic E-state index is 0.266. The van der Waals surface area contributed by atoms with Crippen LogP contribution in [0.2, 0.25) is 0 Å². The molecule has 2 N–H and O–H groups in total. The Hall–Kier alpha value is -2.14. The van der Waals surface area contributed by atoms with Gasteiger partial charge in [-0.25, -0.2) is 9.78 Å². The topological polar surface area (TPSA) is 66.0 Å². The number of nitrogens with zero attached hydrogens (tertiary/aromatic N) is 1. The number of aromatic amines is 1. The smallest absolute Gasteiger partial charge is 0.335 e. The van der Waals surface area contributed by atoms with Gasteiger partial charge in [0.25, 0.3) is 0 Å². The quantitative estimate of drug-likeness (QED) is 0.757. The first-order chi connectivity index (χ1) is 9.13. The maximum Gasteiger partial charge on any atom is 0.335 e. The molecular formula is C14H9BrN2O2. The van der Waals surface area contributed by atoms with E-state index in [9.17, 15) is 4.79 Å². The van der Waals surface area contributed by atoms with Gasteiger partial charge >= 0.3 is 5.97 Å². The molecule has 0 aliphatic rings.